The highest BCUT2D eigenvalue weighted by Crippen LogP contribution is 2.19. The maximum atomic E-state index is 11.6. The number of hydrogen-bond donors (Lipinski definition) is 2. The van der Waals surface area contributed by atoms with Crippen LogP contribution in [-0.4, -0.2) is 41.6 Å². The van der Waals surface area contributed by atoms with Crippen molar-refractivity contribution in [1.29, 1.82) is 0 Å². The molecule has 2 N–H and O–H groups in total. The minimum atomic E-state index is -0.793. The molecule has 1 aliphatic rings. The number of nitrogens with one attached hydrogen (secondary N) is 1. The Hall–Kier alpha value is -1.52. The molecule has 1 unspecified atom stereocenters. The summed E-state index contributed by atoms with van der Waals surface area (Å²) in [5.41, 5.74) is 0. The fourth-order valence-corrected chi connectivity index (χ4v) is 1.82. The third kappa shape index (κ3) is 3.92. The average molecular weight is 226 g/mol. The minimum absolute atomic E-state index is 0.0997. The summed E-state index contributed by atoms with van der Waals surface area (Å²) in [6, 6.07) is -0.102. The molecule has 1 aliphatic heterocycles. The predicted octanol–water partition coefficient (Wildman–Crippen LogP) is 1.07. The second kappa shape index (κ2) is 6.15. The average Bonchev–Trinajstić information content (AvgIpc) is 2.65. The largest absolute Gasteiger partial charge is 0.481 e. The van der Waals surface area contributed by atoms with Gasteiger partial charge in [-0.05, 0) is 18.8 Å². The van der Waals surface area contributed by atoms with Gasteiger partial charge in [0.05, 0.1) is 0 Å². The van der Waals surface area contributed by atoms with E-state index in [1.165, 1.54) is 0 Å². The molecule has 1 saturated heterocycles. The second-order valence-electron chi connectivity index (χ2n) is 4.01. The lowest BCUT2D eigenvalue weighted by molar-refractivity contribution is -0.138. The van der Waals surface area contributed by atoms with Crippen molar-refractivity contribution >= 4 is 12.0 Å². The Morgan fingerprint density at radius 1 is 1.56 bits per heavy atom. The van der Waals surface area contributed by atoms with Gasteiger partial charge >= 0.3 is 12.0 Å². The molecule has 0 spiro atoms. The third-order valence-electron chi connectivity index (χ3n) is 2.66. The van der Waals surface area contributed by atoms with Gasteiger partial charge < -0.3 is 15.3 Å². The van der Waals surface area contributed by atoms with E-state index in [0.29, 0.717) is 19.6 Å². The molecule has 0 radical (unpaired) electrons. The molecular weight excluding hydrogens is 208 g/mol. The van der Waals surface area contributed by atoms with Crippen LogP contribution < -0.4 is 5.32 Å². The lowest BCUT2D eigenvalue weighted by atomic mass is 10.1. The number of urea groups is 1. The van der Waals surface area contributed by atoms with Gasteiger partial charge in [-0.25, -0.2) is 4.79 Å². The van der Waals surface area contributed by atoms with Crippen LogP contribution in [0.5, 0.6) is 0 Å². The van der Waals surface area contributed by atoms with E-state index in [1.54, 1.807) is 11.0 Å². The molecule has 1 heterocycles. The summed E-state index contributed by atoms with van der Waals surface area (Å²) < 4.78 is 0. The summed E-state index contributed by atoms with van der Waals surface area (Å²) in [4.78, 5) is 23.8. The van der Waals surface area contributed by atoms with Crippen LogP contribution in [-0.2, 0) is 4.79 Å². The van der Waals surface area contributed by atoms with Gasteiger partial charge in [-0.2, -0.15) is 0 Å². The zero-order chi connectivity index (χ0) is 12.0. The van der Waals surface area contributed by atoms with Gasteiger partial charge in [-0.15, -0.1) is 6.58 Å². The van der Waals surface area contributed by atoms with Crippen LogP contribution in [0.1, 0.15) is 19.3 Å². The first-order valence-electron chi connectivity index (χ1n) is 5.49. The summed E-state index contributed by atoms with van der Waals surface area (Å²) in [5, 5.41) is 11.4. The Balaban J connectivity index is 2.26. The molecule has 0 bridgehead atoms. The second-order valence-corrected chi connectivity index (χ2v) is 4.01. The molecule has 0 aromatic carbocycles. The molecule has 0 aromatic heterocycles. The van der Waals surface area contributed by atoms with E-state index in [-0.39, 0.29) is 18.4 Å². The Morgan fingerprint density at radius 3 is 2.94 bits per heavy atom. The molecule has 1 rings (SSSR count). The summed E-state index contributed by atoms with van der Waals surface area (Å²) in [6.45, 7) is 5.35. The number of nitrogens with zero attached hydrogens (tertiary/aromatic N) is 1. The molecule has 5 heteroatoms. The van der Waals surface area contributed by atoms with Gasteiger partial charge in [0.25, 0.3) is 0 Å². The summed E-state index contributed by atoms with van der Waals surface area (Å²) in [7, 11) is 0. The number of amides is 2. The fraction of sp³-hybridized carbons (Fsp3) is 0.636. The summed E-state index contributed by atoms with van der Waals surface area (Å²) in [6.07, 6.45) is 3.42. The molecular formula is C11H18N2O3. The molecule has 1 atom stereocenters. The smallest absolute Gasteiger partial charge is 0.317 e. The molecule has 16 heavy (non-hydrogen) atoms. The van der Waals surface area contributed by atoms with Crippen LogP contribution >= 0.6 is 0 Å². The predicted molar refractivity (Wildman–Crippen MR) is 60.1 cm³/mol. The van der Waals surface area contributed by atoms with Crippen LogP contribution in [0.25, 0.3) is 0 Å². The first-order chi connectivity index (χ1) is 7.63. The highest BCUT2D eigenvalue weighted by Gasteiger charge is 2.27. The van der Waals surface area contributed by atoms with Crippen LogP contribution in [0, 0.1) is 5.92 Å². The van der Waals surface area contributed by atoms with Crippen molar-refractivity contribution in [3.63, 3.8) is 0 Å². The van der Waals surface area contributed by atoms with Crippen molar-refractivity contribution in [3.8, 4) is 0 Å². The summed E-state index contributed by atoms with van der Waals surface area (Å²) >= 11 is 0. The van der Waals surface area contributed by atoms with Crippen molar-refractivity contribution in [3.05, 3.63) is 12.7 Å². The van der Waals surface area contributed by atoms with Crippen LogP contribution in [0.2, 0.25) is 0 Å². The van der Waals surface area contributed by atoms with E-state index in [9.17, 15) is 9.59 Å². The monoisotopic (exact) mass is 226 g/mol. The van der Waals surface area contributed by atoms with Gasteiger partial charge in [0.15, 0.2) is 0 Å². The SMILES string of the molecule is C=CCCNC(=O)N1CCC(CC(=O)O)C1. The zero-order valence-electron chi connectivity index (χ0n) is 9.32. The van der Waals surface area contributed by atoms with Gasteiger partial charge in [0, 0.05) is 26.1 Å². The number of aliphatic carboxylic acids is 1. The topological polar surface area (TPSA) is 69.6 Å². The molecule has 1 fully saturated rings. The molecule has 5 nitrogen and oxygen atoms in total. The van der Waals surface area contributed by atoms with E-state index in [0.717, 1.165) is 12.8 Å². The number of hydrogen-bond acceptors (Lipinski definition) is 2. The standard InChI is InChI=1S/C11H18N2O3/c1-2-3-5-12-11(16)13-6-4-9(8-13)7-10(14)15/h2,9H,1,3-8H2,(H,12,16)(H,14,15). The zero-order valence-corrected chi connectivity index (χ0v) is 9.32. The first kappa shape index (κ1) is 12.5. The van der Waals surface area contributed by atoms with Crippen molar-refractivity contribution < 1.29 is 14.7 Å². The Labute approximate surface area is 95.1 Å². The Kier molecular flexibility index (Phi) is 4.82. The highest BCUT2D eigenvalue weighted by molar-refractivity contribution is 5.74. The van der Waals surface area contributed by atoms with Gasteiger partial charge in [-0.3, -0.25) is 4.79 Å². The van der Waals surface area contributed by atoms with Gasteiger partial charge in [0.2, 0.25) is 0 Å². The number of carbonyl (C=O) groups excluding carboxylic acids is 1. The van der Waals surface area contributed by atoms with Crippen molar-refractivity contribution in [2.45, 2.75) is 19.3 Å². The quantitative estimate of drug-likeness (QED) is 0.544. The molecule has 0 aliphatic carbocycles. The maximum absolute atomic E-state index is 11.6. The maximum Gasteiger partial charge on any atom is 0.317 e. The molecule has 0 saturated carbocycles. The molecule has 90 valence electrons. The minimum Gasteiger partial charge on any atom is -0.481 e. The number of likely N-dealkylation sites (tertiary alicyclic amines) is 1. The van der Waals surface area contributed by atoms with Gasteiger partial charge in [-0.1, -0.05) is 6.08 Å². The van der Waals surface area contributed by atoms with E-state index >= 15 is 0 Å². The summed E-state index contributed by atoms with van der Waals surface area (Å²) in [5.74, 6) is -0.693. The molecule has 2 amide bonds. The number of carboxylic acid groups (broad SMARTS) is 1. The van der Waals surface area contributed by atoms with Crippen molar-refractivity contribution in [1.82, 2.24) is 10.2 Å². The Morgan fingerprint density at radius 2 is 2.31 bits per heavy atom. The first-order valence-corrected chi connectivity index (χ1v) is 5.49. The number of carboxylic acids is 1. The van der Waals surface area contributed by atoms with Gasteiger partial charge in [0.1, 0.15) is 0 Å². The van der Waals surface area contributed by atoms with E-state index in [1.807, 2.05) is 0 Å². The fourth-order valence-electron chi connectivity index (χ4n) is 1.82. The Bertz CT molecular complexity index is 278. The lowest BCUT2D eigenvalue weighted by Crippen LogP contribution is -2.38. The van der Waals surface area contributed by atoms with Crippen LogP contribution in [0.3, 0.4) is 0 Å². The number of rotatable bonds is 5. The van der Waals surface area contributed by atoms with Crippen LogP contribution in [0.4, 0.5) is 4.79 Å². The van der Waals surface area contributed by atoms with Crippen molar-refractivity contribution in [2.24, 2.45) is 5.92 Å². The number of carbonyl (C=O) groups is 2. The highest BCUT2D eigenvalue weighted by atomic mass is 16.4. The van der Waals surface area contributed by atoms with E-state index in [2.05, 4.69) is 11.9 Å². The van der Waals surface area contributed by atoms with E-state index in [4.69, 9.17) is 5.11 Å². The van der Waals surface area contributed by atoms with Crippen LogP contribution in [0.15, 0.2) is 12.7 Å². The lowest BCUT2D eigenvalue weighted by Gasteiger charge is -2.16. The normalized spacial score (nSPS) is 19.5. The van der Waals surface area contributed by atoms with Crippen molar-refractivity contribution in [2.75, 3.05) is 19.6 Å². The molecule has 0 aromatic rings. The third-order valence-corrected chi connectivity index (χ3v) is 2.66. The van der Waals surface area contributed by atoms with E-state index < -0.39 is 5.97 Å².